The molecule has 4 aromatic rings. The number of carbonyl (C=O) groups is 1. The molecule has 1 amide bonds. The van der Waals surface area contributed by atoms with Crippen molar-refractivity contribution in [3.63, 3.8) is 0 Å². The smallest absolute Gasteiger partial charge is 0.236 e. The summed E-state index contributed by atoms with van der Waals surface area (Å²) in [6.45, 7) is 2.02. The molecule has 4 rings (SSSR count). The standard InChI is InChI=1S/C19H16FN5OS2/c1-11-7-8-14-15(9-11)28-18(21-14)22-16(26)10-27-19-24-23-17(25(19)2)12-5-3-4-6-13(12)20/h3-9H,10H2,1-2H3,(H,21,22,26). The van der Waals surface area contributed by atoms with Gasteiger partial charge in [-0.25, -0.2) is 9.37 Å². The third-order valence-electron chi connectivity index (χ3n) is 4.07. The van der Waals surface area contributed by atoms with Gasteiger partial charge in [-0.15, -0.1) is 10.2 Å². The molecule has 0 unspecified atom stereocenters. The van der Waals surface area contributed by atoms with Crippen molar-refractivity contribution in [2.75, 3.05) is 11.1 Å². The number of thiazole rings is 1. The van der Waals surface area contributed by atoms with Crippen molar-refractivity contribution in [3.8, 4) is 11.4 Å². The second-order valence-corrected chi connectivity index (χ2v) is 8.15. The number of nitrogens with zero attached hydrogens (tertiary/aromatic N) is 4. The van der Waals surface area contributed by atoms with Gasteiger partial charge in [-0.1, -0.05) is 41.3 Å². The van der Waals surface area contributed by atoms with Gasteiger partial charge in [0.15, 0.2) is 16.1 Å². The Labute approximate surface area is 168 Å². The van der Waals surface area contributed by atoms with Crippen LogP contribution in [-0.4, -0.2) is 31.4 Å². The van der Waals surface area contributed by atoms with Gasteiger partial charge in [-0.3, -0.25) is 4.79 Å². The van der Waals surface area contributed by atoms with Crippen LogP contribution in [0.3, 0.4) is 0 Å². The van der Waals surface area contributed by atoms with Gasteiger partial charge >= 0.3 is 0 Å². The van der Waals surface area contributed by atoms with Gasteiger partial charge in [0, 0.05) is 7.05 Å². The number of thioether (sulfide) groups is 1. The number of anilines is 1. The summed E-state index contributed by atoms with van der Waals surface area (Å²) >= 11 is 2.68. The van der Waals surface area contributed by atoms with E-state index in [9.17, 15) is 9.18 Å². The normalized spacial score (nSPS) is 11.1. The number of carbonyl (C=O) groups excluding carboxylic acids is 1. The first kappa shape index (κ1) is 18.6. The summed E-state index contributed by atoms with van der Waals surface area (Å²) < 4.78 is 16.7. The number of halogens is 1. The summed E-state index contributed by atoms with van der Waals surface area (Å²) in [5.74, 6) is 0.0233. The molecular formula is C19H16FN5OS2. The Bertz CT molecular complexity index is 1170. The molecule has 0 bridgehead atoms. The molecule has 0 aliphatic carbocycles. The molecular weight excluding hydrogens is 397 g/mol. The van der Waals surface area contributed by atoms with Gasteiger partial charge in [-0.05, 0) is 36.8 Å². The molecule has 0 atom stereocenters. The maximum atomic E-state index is 14.0. The number of hydrogen-bond donors (Lipinski definition) is 1. The number of aromatic nitrogens is 4. The van der Waals surface area contributed by atoms with E-state index in [4.69, 9.17) is 0 Å². The minimum atomic E-state index is -0.363. The molecule has 1 N–H and O–H groups in total. The number of nitrogens with one attached hydrogen (secondary N) is 1. The van der Waals surface area contributed by atoms with E-state index < -0.39 is 0 Å². The Balaban J connectivity index is 1.43. The SMILES string of the molecule is Cc1ccc2nc(NC(=O)CSc3nnc(-c4ccccc4F)n3C)sc2c1. The van der Waals surface area contributed by atoms with Crippen molar-refractivity contribution in [2.24, 2.45) is 7.05 Å². The number of fused-ring (bicyclic) bond motifs is 1. The topological polar surface area (TPSA) is 72.7 Å². The number of hydrogen-bond acceptors (Lipinski definition) is 6. The molecule has 28 heavy (non-hydrogen) atoms. The molecule has 142 valence electrons. The summed E-state index contributed by atoms with van der Waals surface area (Å²) in [7, 11) is 1.75. The highest BCUT2D eigenvalue weighted by molar-refractivity contribution is 7.99. The summed E-state index contributed by atoms with van der Waals surface area (Å²) in [6.07, 6.45) is 0. The monoisotopic (exact) mass is 413 g/mol. The van der Waals surface area contributed by atoms with Gasteiger partial charge in [0.1, 0.15) is 5.82 Å². The molecule has 2 aromatic heterocycles. The molecule has 0 saturated carbocycles. The van der Waals surface area contributed by atoms with Gasteiger partial charge in [0.05, 0.1) is 21.5 Å². The lowest BCUT2D eigenvalue weighted by Crippen LogP contribution is -2.14. The predicted octanol–water partition coefficient (Wildman–Crippen LogP) is 4.27. The molecule has 0 aliphatic rings. The fraction of sp³-hybridized carbons (Fsp3) is 0.158. The van der Waals surface area contributed by atoms with Crippen molar-refractivity contribution in [1.29, 1.82) is 0 Å². The fourth-order valence-electron chi connectivity index (χ4n) is 2.69. The van der Waals surface area contributed by atoms with E-state index in [2.05, 4.69) is 20.5 Å². The van der Waals surface area contributed by atoms with Crippen LogP contribution in [0.4, 0.5) is 9.52 Å². The third kappa shape index (κ3) is 3.76. The van der Waals surface area contributed by atoms with Crippen LogP contribution in [0.5, 0.6) is 0 Å². The van der Waals surface area contributed by atoms with Gasteiger partial charge in [0.25, 0.3) is 0 Å². The molecule has 2 aromatic carbocycles. The zero-order valence-electron chi connectivity index (χ0n) is 15.1. The highest BCUT2D eigenvalue weighted by Gasteiger charge is 2.16. The highest BCUT2D eigenvalue weighted by Crippen LogP contribution is 2.28. The zero-order valence-corrected chi connectivity index (χ0v) is 16.8. The van der Waals surface area contributed by atoms with Crippen molar-refractivity contribution in [2.45, 2.75) is 12.1 Å². The number of benzene rings is 2. The van der Waals surface area contributed by atoms with Crippen molar-refractivity contribution in [1.82, 2.24) is 19.7 Å². The van der Waals surface area contributed by atoms with Crippen LogP contribution >= 0.6 is 23.1 Å². The van der Waals surface area contributed by atoms with E-state index in [0.29, 0.717) is 21.7 Å². The second kappa shape index (κ2) is 7.69. The third-order valence-corrected chi connectivity index (χ3v) is 6.03. The molecule has 9 heteroatoms. The van der Waals surface area contributed by atoms with E-state index in [-0.39, 0.29) is 17.5 Å². The van der Waals surface area contributed by atoms with E-state index in [0.717, 1.165) is 15.8 Å². The minimum absolute atomic E-state index is 0.151. The van der Waals surface area contributed by atoms with Crippen molar-refractivity contribution < 1.29 is 9.18 Å². The summed E-state index contributed by atoms with van der Waals surface area (Å²) in [4.78, 5) is 16.7. The Morgan fingerprint density at radius 2 is 2.07 bits per heavy atom. The fourth-order valence-corrected chi connectivity index (χ4v) is 4.38. The summed E-state index contributed by atoms with van der Waals surface area (Å²) in [5, 5.41) is 12.0. The quantitative estimate of drug-likeness (QED) is 0.495. The molecule has 0 radical (unpaired) electrons. The molecule has 0 aliphatic heterocycles. The van der Waals surface area contributed by atoms with Gasteiger partial charge in [-0.2, -0.15) is 0 Å². The average molecular weight is 414 g/mol. The molecule has 0 spiro atoms. The number of aryl methyl sites for hydroxylation is 1. The molecule has 0 saturated heterocycles. The lowest BCUT2D eigenvalue weighted by molar-refractivity contribution is -0.113. The first-order chi connectivity index (χ1) is 13.5. The van der Waals surface area contributed by atoms with E-state index >= 15 is 0 Å². The molecule has 0 fully saturated rings. The Kier molecular flexibility index (Phi) is 5.10. The van der Waals surface area contributed by atoms with Crippen LogP contribution in [0.2, 0.25) is 0 Å². The number of amides is 1. The Morgan fingerprint density at radius 1 is 1.25 bits per heavy atom. The van der Waals surface area contributed by atoms with Crippen LogP contribution in [0.15, 0.2) is 47.6 Å². The first-order valence-corrected chi connectivity index (χ1v) is 10.3. The van der Waals surface area contributed by atoms with Gasteiger partial charge in [0.2, 0.25) is 5.91 Å². The molecule has 2 heterocycles. The van der Waals surface area contributed by atoms with Crippen molar-refractivity contribution in [3.05, 3.63) is 53.8 Å². The van der Waals surface area contributed by atoms with Crippen LogP contribution in [-0.2, 0) is 11.8 Å². The predicted molar refractivity (Wildman–Crippen MR) is 110 cm³/mol. The maximum Gasteiger partial charge on any atom is 0.236 e. The van der Waals surface area contributed by atoms with Crippen molar-refractivity contribution >= 4 is 44.4 Å². The van der Waals surface area contributed by atoms with E-state index in [1.807, 2.05) is 25.1 Å². The minimum Gasteiger partial charge on any atom is -0.305 e. The number of rotatable bonds is 5. The average Bonchev–Trinajstić information content (AvgIpc) is 3.23. The second-order valence-electron chi connectivity index (χ2n) is 6.17. The van der Waals surface area contributed by atoms with Gasteiger partial charge < -0.3 is 9.88 Å². The zero-order chi connectivity index (χ0) is 19.7. The van der Waals surface area contributed by atoms with Crippen LogP contribution < -0.4 is 5.32 Å². The molecule has 6 nitrogen and oxygen atoms in total. The lowest BCUT2D eigenvalue weighted by Gasteiger charge is -2.04. The van der Waals surface area contributed by atoms with Crippen LogP contribution in [0, 0.1) is 12.7 Å². The van der Waals surface area contributed by atoms with Crippen LogP contribution in [0.1, 0.15) is 5.56 Å². The summed E-state index contributed by atoms with van der Waals surface area (Å²) in [6, 6.07) is 12.4. The Hall–Kier alpha value is -2.78. The Morgan fingerprint density at radius 3 is 2.89 bits per heavy atom. The largest absolute Gasteiger partial charge is 0.305 e. The lowest BCUT2D eigenvalue weighted by atomic mass is 10.2. The van der Waals surface area contributed by atoms with E-state index in [1.165, 1.54) is 29.2 Å². The maximum absolute atomic E-state index is 14.0. The first-order valence-electron chi connectivity index (χ1n) is 8.45. The van der Waals surface area contributed by atoms with Crippen LogP contribution in [0.25, 0.3) is 21.6 Å². The highest BCUT2D eigenvalue weighted by atomic mass is 32.2. The summed E-state index contributed by atoms with van der Waals surface area (Å²) in [5.41, 5.74) is 2.39. The van der Waals surface area contributed by atoms with E-state index in [1.54, 1.807) is 29.8 Å².